The van der Waals surface area contributed by atoms with Gasteiger partial charge >= 0.3 is 0 Å². The van der Waals surface area contributed by atoms with E-state index >= 15 is 0 Å². The van der Waals surface area contributed by atoms with Gasteiger partial charge in [-0.25, -0.2) is 4.39 Å². The first-order chi connectivity index (χ1) is 10.6. The molecule has 1 aliphatic rings. The molecule has 0 aromatic heterocycles. The van der Waals surface area contributed by atoms with Gasteiger partial charge in [0.2, 0.25) is 0 Å². The lowest BCUT2D eigenvalue weighted by Crippen LogP contribution is -2.34. The number of methoxy groups -OCH3 is 1. The molecule has 22 heavy (non-hydrogen) atoms. The molecule has 0 bridgehead atoms. The largest absolute Gasteiger partial charge is 0.385 e. The highest BCUT2D eigenvalue weighted by Gasteiger charge is 2.19. The van der Waals surface area contributed by atoms with E-state index in [1.807, 2.05) is 12.1 Å². The predicted octanol–water partition coefficient (Wildman–Crippen LogP) is 3.75. The molecule has 0 spiro atoms. The first-order valence-corrected chi connectivity index (χ1v) is 8.38. The number of hydrogen-bond donors (Lipinski definition) is 1. The van der Waals surface area contributed by atoms with Crippen LogP contribution in [0.15, 0.2) is 18.2 Å². The summed E-state index contributed by atoms with van der Waals surface area (Å²) in [5, 5.41) is 3.41. The minimum atomic E-state index is -0.0999. The summed E-state index contributed by atoms with van der Waals surface area (Å²) in [6, 6.07) is 5.82. The van der Waals surface area contributed by atoms with Gasteiger partial charge in [0.15, 0.2) is 0 Å². The summed E-state index contributed by atoms with van der Waals surface area (Å²) >= 11 is 0. The van der Waals surface area contributed by atoms with E-state index in [2.05, 4.69) is 24.1 Å². The zero-order valence-electron chi connectivity index (χ0n) is 14.1. The molecule has 1 N–H and O–H groups in total. The van der Waals surface area contributed by atoms with E-state index in [4.69, 9.17) is 4.74 Å². The maximum atomic E-state index is 14.5. The van der Waals surface area contributed by atoms with Gasteiger partial charge in [-0.05, 0) is 56.3 Å². The second-order valence-electron chi connectivity index (χ2n) is 6.43. The Hall–Kier alpha value is -1.13. The summed E-state index contributed by atoms with van der Waals surface area (Å²) in [7, 11) is 1.71. The van der Waals surface area contributed by atoms with Crippen molar-refractivity contribution in [1.29, 1.82) is 0 Å². The van der Waals surface area contributed by atoms with Crippen LogP contribution in [0.1, 0.15) is 44.7 Å². The van der Waals surface area contributed by atoms with Crippen LogP contribution in [0.4, 0.5) is 10.1 Å². The fourth-order valence-corrected chi connectivity index (χ4v) is 3.11. The van der Waals surface area contributed by atoms with E-state index in [-0.39, 0.29) is 11.9 Å². The van der Waals surface area contributed by atoms with Gasteiger partial charge in [-0.3, -0.25) is 0 Å². The van der Waals surface area contributed by atoms with Crippen LogP contribution in [-0.2, 0) is 4.74 Å². The minimum Gasteiger partial charge on any atom is -0.385 e. The third kappa shape index (κ3) is 4.68. The molecule has 124 valence electrons. The van der Waals surface area contributed by atoms with E-state index in [1.54, 1.807) is 13.2 Å². The Labute approximate surface area is 133 Å². The minimum absolute atomic E-state index is 0.0999. The SMILES string of the molecule is COCCCN[C@H](C)c1ccc(N2CCC[C@@H](C)C2)c(F)c1. The summed E-state index contributed by atoms with van der Waals surface area (Å²) in [6.07, 6.45) is 3.37. The van der Waals surface area contributed by atoms with E-state index < -0.39 is 0 Å². The molecule has 4 heteroatoms. The Balaban J connectivity index is 1.96. The molecule has 0 unspecified atom stereocenters. The quantitative estimate of drug-likeness (QED) is 0.776. The van der Waals surface area contributed by atoms with Crippen molar-refractivity contribution in [2.24, 2.45) is 5.92 Å². The third-order valence-corrected chi connectivity index (χ3v) is 4.45. The monoisotopic (exact) mass is 308 g/mol. The highest BCUT2D eigenvalue weighted by molar-refractivity contribution is 5.50. The first-order valence-electron chi connectivity index (χ1n) is 8.38. The number of halogens is 1. The number of anilines is 1. The number of ether oxygens (including phenoxy) is 1. The molecule has 1 aromatic rings. The van der Waals surface area contributed by atoms with Gasteiger partial charge in [-0.15, -0.1) is 0 Å². The maximum absolute atomic E-state index is 14.5. The molecular weight excluding hydrogens is 279 g/mol. The zero-order valence-corrected chi connectivity index (χ0v) is 14.1. The lowest BCUT2D eigenvalue weighted by molar-refractivity contribution is 0.193. The molecule has 3 nitrogen and oxygen atoms in total. The molecule has 1 fully saturated rings. The predicted molar refractivity (Wildman–Crippen MR) is 89.9 cm³/mol. The van der Waals surface area contributed by atoms with E-state index in [0.29, 0.717) is 5.92 Å². The number of hydrogen-bond acceptors (Lipinski definition) is 3. The Bertz CT molecular complexity index is 466. The third-order valence-electron chi connectivity index (χ3n) is 4.45. The smallest absolute Gasteiger partial charge is 0.146 e. The fourth-order valence-electron chi connectivity index (χ4n) is 3.11. The van der Waals surface area contributed by atoms with Gasteiger partial charge in [0.1, 0.15) is 5.82 Å². The molecule has 1 saturated heterocycles. The van der Waals surface area contributed by atoms with Crippen LogP contribution in [0.5, 0.6) is 0 Å². The molecule has 0 saturated carbocycles. The van der Waals surface area contributed by atoms with Crippen molar-refractivity contribution in [3.05, 3.63) is 29.6 Å². The summed E-state index contributed by atoms with van der Waals surface area (Å²) in [5.74, 6) is 0.548. The molecular formula is C18H29FN2O. The van der Waals surface area contributed by atoms with Gasteiger partial charge in [0, 0.05) is 32.8 Å². The lowest BCUT2D eigenvalue weighted by atomic mass is 9.99. The van der Waals surface area contributed by atoms with E-state index in [9.17, 15) is 4.39 Å². The Morgan fingerprint density at radius 2 is 2.27 bits per heavy atom. The molecule has 1 aromatic carbocycles. The Kier molecular flexibility index (Phi) is 6.65. The highest BCUT2D eigenvalue weighted by Crippen LogP contribution is 2.27. The topological polar surface area (TPSA) is 24.5 Å². The standard InChI is InChI=1S/C18H29FN2O/c1-14-6-4-10-21(13-14)18-8-7-16(12-17(18)19)15(2)20-9-5-11-22-3/h7-8,12,14-15,20H,4-6,9-11,13H2,1-3H3/t14-,15-/m1/s1. The van der Waals surface area contributed by atoms with Crippen LogP contribution in [0.2, 0.25) is 0 Å². The Morgan fingerprint density at radius 1 is 1.45 bits per heavy atom. The highest BCUT2D eigenvalue weighted by atomic mass is 19.1. The molecule has 0 aliphatic carbocycles. The molecule has 0 amide bonds. The maximum Gasteiger partial charge on any atom is 0.146 e. The number of nitrogens with one attached hydrogen (secondary N) is 1. The van der Waals surface area contributed by atoms with Crippen LogP contribution >= 0.6 is 0 Å². The van der Waals surface area contributed by atoms with Gasteiger partial charge in [0.25, 0.3) is 0 Å². The van der Waals surface area contributed by atoms with Crippen molar-refractivity contribution in [1.82, 2.24) is 5.32 Å². The van der Waals surface area contributed by atoms with Crippen molar-refractivity contribution in [2.45, 2.75) is 39.2 Å². The normalized spacial score (nSPS) is 20.2. The zero-order chi connectivity index (χ0) is 15.9. The van der Waals surface area contributed by atoms with Crippen molar-refractivity contribution in [2.75, 3.05) is 38.3 Å². The van der Waals surface area contributed by atoms with Crippen LogP contribution in [-0.4, -0.2) is 33.4 Å². The first kappa shape index (κ1) is 17.2. The van der Waals surface area contributed by atoms with Gasteiger partial charge in [-0.1, -0.05) is 13.0 Å². The summed E-state index contributed by atoms with van der Waals surface area (Å²) in [6.45, 7) is 7.86. The molecule has 0 radical (unpaired) electrons. The molecule has 2 atom stereocenters. The van der Waals surface area contributed by atoms with Crippen molar-refractivity contribution < 1.29 is 9.13 Å². The number of piperidine rings is 1. The molecule has 2 rings (SSSR count). The lowest BCUT2D eigenvalue weighted by Gasteiger charge is -2.33. The Morgan fingerprint density at radius 3 is 2.95 bits per heavy atom. The van der Waals surface area contributed by atoms with Gasteiger partial charge in [0.05, 0.1) is 5.69 Å². The average molecular weight is 308 g/mol. The van der Waals surface area contributed by atoms with Crippen LogP contribution < -0.4 is 10.2 Å². The van der Waals surface area contributed by atoms with Crippen molar-refractivity contribution in [3.63, 3.8) is 0 Å². The van der Waals surface area contributed by atoms with Crippen LogP contribution in [0, 0.1) is 11.7 Å². The fraction of sp³-hybridized carbons (Fsp3) is 0.667. The number of benzene rings is 1. The van der Waals surface area contributed by atoms with Crippen LogP contribution in [0.25, 0.3) is 0 Å². The van der Waals surface area contributed by atoms with Crippen molar-refractivity contribution in [3.8, 4) is 0 Å². The van der Waals surface area contributed by atoms with Crippen LogP contribution in [0.3, 0.4) is 0 Å². The second kappa shape index (κ2) is 8.49. The average Bonchev–Trinajstić information content (AvgIpc) is 2.51. The molecule has 1 heterocycles. The molecule has 1 aliphatic heterocycles. The second-order valence-corrected chi connectivity index (χ2v) is 6.43. The summed E-state index contributed by atoms with van der Waals surface area (Å²) in [5.41, 5.74) is 1.76. The summed E-state index contributed by atoms with van der Waals surface area (Å²) in [4.78, 5) is 2.18. The van der Waals surface area contributed by atoms with E-state index in [1.165, 1.54) is 6.42 Å². The number of rotatable bonds is 7. The van der Waals surface area contributed by atoms with Gasteiger partial charge < -0.3 is 15.0 Å². The van der Waals surface area contributed by atoms with Gasteiger partial charge in [-0.2, -0.15) is 0 Å². The van der Waals surface area contributed by atoms with Crippen molar-refractivity contribution >= 4 is 5.69 Å². The van der Waals surface area contributed by atoms with E-state index in [0.717, 1.165) is 50.3 Å². The summed E-state index contributed by atoms with van der Waals surface area (Å²) < 4.78 is 19.5. The number of nitrogens with zero attached hydrogens (tertiary/aromatic N) is 1.